The molecule has 3 amide bonds. The summed E-state index contributed by atoms with van der Waals surface area (Å²) in [6.07, 6.45) is 0.433. The van der Waals surface area contributed by atoms with Gasteiger partial charge in [-0.1, -0.05) is 11.2 Å². The van der Waals surface area contributed by atoms with Crippen LogP contribution in [0.2, 0.25) is 0 Å². The molecule has 4 rings (SSSR count). The van der Waals surface area contributed by atoms with E-state index in [4.69, 9.17) is 4.52 Å². The van der Waals surface area contributed by atoms with Crippen molar-refractivity contribution in [2.45, 2.75) is 24.8 Å². The minimum absolute atomic E-state index is 0.0355. The number of hydrogen-bond donors (Lipinski definition) is 3. The van der Waals surface area contributed by atoms with Crippen LogP contribution in [-0.2, 0) is 14.4 Å². The SMILES string of the molecule is O=C1CCC(c2noc3c(NC(=O)C(F)(F)N4CCNCC4)cccc23)C(=O)N1. The molecule has 1 aromatic heterocycles. The minimum atomic E-state index is -3.68. The molecule has 154 valence electrons. The molecule has 1 unspecified atom stereocenters. The smallest absolute Gasteiger partial charge is 0.354 e. The minimum Gasteiger partial charge on any atom is -0.354 e. The third kappa shape index (κ3) is 3.58. The first kappa shape index (κ1) is 19.4. The number of benzene rings is 1. The average Bonchev–Trinajstić information content (AvgIpc) is 3.13. The summed E-state index contributed by atoms with van der Waals surface area (Å²) in [7, 11) is 0. The lowest BCUT2D eigenvalue weighted by Gasteiger charge is -2.33. The Morgan fingerprint density at radius 2 is 2.03 bits per heavy atom. The van der Waals surface area contributed by atoms with E-state index in [1.165, 1.54) is 6.07 Å². The number of para-hydroxylation sites is 1. The Bertz CT molecular complexity index is 970. The number of aromatic nitrogens is 1. The highest BCUT2D eigenvalue weighted by atomic mass is 19.3. The molecule has 11 heteroatoms. The van der Waals surface area contributed by atoms with Gasteiger partial charge >= 0.3 is 12.0 Å². The molecule has 1 atom stereocenters. The van der Waals surface area contributed by atoms with Crippen LogP contribution in [0.4, 0.5) is 14.5 Å². The van der Waals surface area contributed by atoms with Gasteiger partial charge in [0.1, 0.15) is 5.69 Å². The molecule has 1 aromatic carbocycles. The Morgan fingerprint density at radius 3 is 2.76 bits per heavy atom. The maximum Gasteiger partial charge on any atom is 0.384 e. The number of hydrogen-bond acceptors (Lipinski definition) is 7. The van der Waals surface area contributed by atoms with Gasteiger partial charge in [0.2, 0.25) is 11.8 Å². The fourth-order valence-corrected chi connectivity index (χ4v) is 3.57. The molecule has 0 aliphatic carbocycles. The van der Waals surface area contributed by atoms with E-state index < -0.39 is 23.8 Å². The third-order valence-electron chi connectivity index (χ3n) is 5.13. The topological polar surface area (TPSA) is 117 Å². The highest BCUT2D eigenvalue weighted by Crippen LogP contribution is 2.34. The van der Waals surface area contributed by atoms with Crippen molar-refractivity contribution >= 4 is 34.4 Å². The predicted molar refractivity (Wildman–Crippen MR) is 97.2 cm³/mol. The van der Waals surface area contributed by atoms with Crippen LogP contribution in [0.3, 0.4) is 0 Å². The number of piperazine rings is 1. The highest BCUT2D eigenvalue weighted by molar-refractivity contribution is 6.05. The van der Waals surface area contributed by atoms with Crippen molar-refractivity contribution in [1.29, 1.82) is 0 Å². The molecule has 2 aromatic rings. The first-order chi connectivity index (χ1) is 13.9. The van der Waals surface area contributed by atoms with Crippen molar-refractivity contribution in [3.63, 3.8) is 0 Å². The maximum atomic E-state index is 14.5. The lowest BCUT2D eigenvalue weighted by atomic mass is 9.93. The number of rotatable bonds is 4. The number of alkyl halides is 2. The molecule has 2 saturated heterocycles. The molecule has 0 spiro atoms. The second kappa shape index (κ2) is 7.48. The van der Waals surface area contributed by atoms with Gasteiger partial charge in [-0.05, 0) is 18.6 Å². The van der Waals surface area contributed by atoms with E-state index in [9.17, 15) is 23.2 Å². The molecule has 3 heterocycles. The number of piperidine rings is 1. The number of imide groups is 1. The van der Waals surface area contributed by atoms with Crippen LogP contribution in [0.15, 0.2) is 22.7 Å². The summed E-state index contributed by atoms with van der Waals surface area (Å²) in [5.41, 5.74) is 0.431. The maximum absolute atomic E-state index is 14.5. The number of fused-ring (bicyclic) bond motifs is 1. The van der Waals surface area contributed by atoms with Gasteiger partial charge in [0.25, 0.3) is 0 Å². The zero-order valence-corrected chi connectivity index (χ0v) is 15.3. The second-order valence-electron chi connectivity index (χ2n) is 6.99. The fourth-order valence-electron chi connectivity index (χ4n) is 3.57. The van der Waals surface area contributed by atoms with Crippen molar-refractivity contribution in [2.24, 2.45) is 0 Å². The summed E-state index contributed by atoms with van der Waals surface area (Å²) < 4.78 is 34.3. The summed E-state index contributed by atoms with van der Waals surface area (Å²) in [5, 5.41) is 11.7. The van der Waals surface area contributed by atoms with Crippen LogP contribution >= 0.6 is 0 Å². The fraction of sp³-hybridized carbons (Fsp3) is 0.444. The zero-order valence-electron chi connectivity index (χ0n) is 15.3. The van der Waals surface area contributed by atoms with Crippen molar-refractivity contribution in [2.75, 3.05) is 31.5 Å². The predicted octanol–water partition coefficient (Wildman–Crippen LogP) is 0.784. The van der Waals surface area contributed by atoms with Gasteiger partial charge < -0.3 is 15.2 Å². The van der Waals surface area contributed by atoms with Crippen LogP contribution < -0.4 is 16.0 Å². The van der Waals surface area contributed by atoms with Crippen molar-refractivity contribution in [1.82, 2.24) is 20.7 Å². The van der Waals surface area contributed by atoms with Gasteiger partial charge in [0.15, 0.2) is 5.58 Å². The van der Waals surface area contributed by atoms with Gasteiger partial charge in [0, 0.05) is 38.0 Å². The summed E-state index contributed by atoms with van der Waals surface area (Å²) in [4.78, 5) is 36.6. The standard InChI is InChI=1S/C18H19F2N5O4/c19-18(20,25-8-6-21-7-9-25)17(28)22-12-3-1-2-10-14(24-29-15(10)12)11-4-5-13(26)23-16(11)27/h1-3,11,21H,4-9H2,(H,22,28)(H,23,26,27). The number of halogens is 2. The van der Waals surface area contributed by atoms with E-state index in [0.29, 0.717) is 24.2 Å². The quantitative estimate of drug-likeness (QED) is 0.507. The summed E-state index contributed by atoms with van der Waals surface area (Å²) in [6, 6.07) is 0.909. The second-order valence-corrected chi connectivity index (χ2v) is 6.99. The van der Waals surface area contributed by atoms with E-state index >= 15 is 0 Å². The van der Waals surface area contributed by atoms with Crippen LogP contribution in [0.5, 0.6) is 0 Å². The monoisotopic (exact) mass is 407 g/mol. The summed E-state index contributed by atoms with van der Waals surface area (Å²) >= 11 is 0. The average molecular weight is 407 g/mol. The highest BCUT2D eigenvalue weighted by Gasteiger charge is 2.46. The van der Waals surface area contributed by atoms with Gasteiger partial charge in [-0.2, -0.15) is 8.78 Å². The normalized spacial score (nSPS) is 21.2. The Labute approximate surface area is 163 Å². The van der Waals surface area contributed by atoms with Crippen LogP contribution in [-0.4, -0.2) is 60.0 Å². The van der Waals surface area contributed by atoms with Gasteiger partial charge in [-0.25, -0.2) is 4.90 Å². The van der Waals surface area contributed by atoms with Gasteiger partial charge in [-0.3, -0.25) is 19.7 Å². The number of carbonyl (C=O) groups is 3. The Balaban J connectivity index is 1.59. The molecule has 0 saturated carbocycles. The Hall–Kier alpha value is -2.92. The number of amides is 3. The van der Waals surface area contributed by atoms with Crippen molar-refractivity contribution in [3.05, 3.63) is 23.9 Å². The molecule has 3 N–H and O–H groups in total. The van der Waals surface area contributed by atoms with E-state index in [1.54, 1.807) is 12.1 Å². The van der Waals surface area contributed by atoms with Crippen LogP contribution in [0.1, 0.15) is 24.5 Å². The molecule has 0 bridgehead atoms. The number of nitrogens with zero attached hydrogens (tertiary/aromatic N) is 2. The summed E-state index contributed by atoms with van der Waals surface area (Å²) in [6.45, 7) is 0.838. The van der Waals surface area contributed by atoms with Gasteiger partial charge in [-0.15, -0.1) is 0 Å². The lowest BCUT2D eigenvalue weighted by molar-refractivity contribution is -0.174. The van der Waals surface area contributed by atoms with Crippen molar-refractivity contribution in [3.8, 4) is 0 Å². The number of carbonyl (C=O) groups excluding carboxylic acids is 3. The van der Waals surface area contributed by atoms with Crippen LogP contribution in [0.25, 0.3) is 11.0 Å². The van der Waals surface area contributed by atoms with Crippen LogP contribution in [0, 0.1) is 0 Å². The first-order valence-corrected chi connectivity index (χ1v) is 9.25. The van der Waals surface area contributed by atoms with E-state index in [0.717, 1.165) is 4.90 Å². The van der Waals surface area contributed by atoms with Crippen molar-refractivity contribution < 1.29 is 27.7 Å². The molecule has 2 aliphatic rings. The molecule has 0 radical (unpaired) electrons. The first-order valence-electron chi connectivity index (χ1n) is 9.25. The molecule has 9 nitrogen and oxygen atoms in total. The Kier molecular flexibility index (Phi) is 5.01. The lowest BCUT2D eigenvalue weighted by Crippen LogP contribution is -2.57. The molecule has 2 fully saturated rings. The third-order valence-corrected chi connectivity index (χ3v) is 5.13. The van der Waals surface area contributed by atoms with E-state index in [2.05, 4.69) is 21.1 Å². The number of anilines is 1. The zero-order chi connectivity index (χ0) is 20.6. The van der Waals surface area contributed by atoms with E-state index in [-0.39, 0.29) is 43.1 Å². The van der Waals surface area contributed by atoms with Gasteiger partial charge in [0.05, 0.1) is 11.6 Å². The summed E-state index contributed by atoms with van der Waals surface area (Å²) in [5.74, 6) is -3.01. The van der Waals surface area contributed by atoms with E-state index in [1.807, 2.05) is 0 Å². The molecule has 2 aliphatic heterocycles. The molecular formula is C18H19F2N5O4. The molecular weight excluding hydrogens is 388 g/mol. The Morgan fingerprint density at radius 1 is 1.28 bits per heavy atom. The largest absolute Gasteiger partial charge is 0.384 e. The molecule has 29 heavy (non-hydrogen) atoms. The number of nitrogens with one attached hydrogen (secondary N) is 3.